The molecular weight excluding hydrogens is 244 g/mol. The van der Waals surface area contributed by atoms with Crippen LogP contribution in [0.2, 0.25) is 0 Å². The topological polar surface area (TPSA) is 62.5 Å². The zero-order chi connectivity index (χ0) is 14.0. The Morgan fingerprint density at radius 1 is 1.32 bits per heavy atom. The lowest BCUT2D eigenvalue weighted by Crippen LogP contribution is -2.29. The second kappa shape index (κ2) is 5.14. The first kappa shape index (κ1) is 13.1. The van der Waals surface area contributed by atoms with Gasteiger partial charge in [0, 0.05) is 37.9 Å². The summed E-state index contributed by atoms with van der Waals surface area (Å²) in [5.74, 6) is -1.07. The van der Waals surface area contributed by atoms with Crippen LogP contribution < -0.4 is 0 Å². The summed E-state index contributed by atoms with van der Waals surface area (Å²) < 4.78 is 1.95. The molecule has 2 rings (SSSR count). The second-order valence-electron chi connectivity index (χ2n) is 4.57. The van der Waals surface area contributed by atoms with Crippen LogP contribution in [0, 0.1) is 0 Å². The number of aliphatic carboxylic acids is 1. The molecule has 1 aromatic carbocycles. The van der Waals surface area contributed by atoms with E-state index in [1.54, 1.807) is 13.1 Å². The number of carboxylic acids is 1. The molecule has 0 bridgehead atoms. The van der Waals surface area contributed by atoms with Crippen molar-refractivity contribution in [3.05, 3.63) is 36.0 Å². The lowest BCUT2D eigenvalue weighted by atomic mass is 10.1. The van der Waals surface area contributed by atoms with Crippen molar-refractivity contribution < 1.29 is 14.7 Å². The SMILES string of the molecule is CN(CCC(=O)O)C(=O)c1ccc2ccn(C)c2c1. The average molecular weight is 260 g/mol. The molecule has 5 nitrogen and oxygen atoms in total. The Morgan fingerprint density at radius 3 is 2.74 bits per heavy atom. The van der Waals surface area contributed by atoms with Gasteiger partial charge >= 0.3 is 5.97 Å². The van der Waals surface area contributed by atoms with Gasteiger partial charge in [-0.1, -0.05) is 6.07 Å². The van der Waals surface area contributed by atoms with Crippen LogP contribution in [0.3, 0.4) is 0 Å². The molecule has 0 saturated carbocycles. The number of aryl methyl sites for hydroxylation is 1. The van der Waals surface area contributed by atoms with Gasteiger partial charge in [-0.3, -0.25) is 9.59 Å². The van der Waals surface area contributed by atoms with Gasteiger partial charge in [0.2, 0.25) is 0 Å². The molecule has 0 radical (unpaired) electrons. The molecule has 19 heavy (non-hydrogen) atoms. The number of amides is 1. The molecule has 0 aliphatic carbocycles. The van der Waals surface area contributed by atoms with Crippen molar-refractivity contribution in [3.63, 3.8) is 0 Å². The number of carbonyl (C=O) groups excluding carboxylic acids is 1. The van der Waals surface area contributed by atoms with Gasteiger partial charge in [-0.2, -0.15) is 0 Å². The normalized spacial score (nSPS) is 10.6. The third-order valence-electron chi connectivity index (χ3n) is 3.14. The van der Waals surface area contributed by atoms with Crippen molar-refractivity contribution in [2.45, 2.75) is 6.42 Å². The maximum atomic E-state index is 12.2. The first-order valence-electron chi connectivity index (χ1n) is 6.01. The summed E-state index contributed by atoms with van der Waals surface area (Å²) in [5.41, 5.74) is 1.56. The number of benzene rings is 1. The highest BCUT2D eigenvalue weighted by atomic mass is 16.4. The first-order chi connectivity index (χ1) is 8.99. The molecule has 0 aliphatic heterocycles. The van der Waals surface area contributed by atoms with Crippen molar-refractivity contribution in [3.8, 4) is 0 Å². The van der Waals surface area contributed by atoms with Gasteiger partial charge in [0.1, 0.15) is 0 Å². The smallest absolute Gasteiger partial charge is 0.305 e. The van der Waals surface area contributed by atoms with Gasteiger partial charge in [0.15, 0.2) is 0 Å². The number of hydrogen-bond donors (Lipinski definition) is 1. The largest absolute Gasteiger partial charge is 0.481 e. The highest BCUT2D eigenvalue weighted by Gasteiger charge is 2.13. The molecule has 0 saturated heterocycles. The Morgan fingerprint density at radius 2 is 2.05 bits per heavy atom. The van der Waals surface area contributed by atoms with Gasteiger partial charge < -0.3 is 14.6 Å². The molecule has 1 heterocycles. The lowest BCUT2D eigenvalue weighted by Gasteiger charge is -2.16. The zero-order valence-electron chi connectivity index (χ0n) is 11.0. The Labute approximate surface area is 111 Å². The molecule has 1 amide bonds. The number of fused-ring (bicyclic) bond motifs is 1. The minimum atomic E-state index is -0.905. The average Bonchev–Trinajstić information content (AvgIpc) is 2.76. The van der Waals surface area contributed by atoms with Crippen LogP contribution in [0.1, 0.15) is 16.8 Å². The highest BCUT2D eigenvalue weighted by Crippen LogP contribution is 2.17. The summed E-state index contributed by atoms with van der Waals surface area (Å²) in [6.45, 7) is 0.208. The molecule has 0 fully saturated rings. The van der Waals surface area contributed by atoms with Crippen molar-refractivity contribution in [1.29, 1.82) is 0 Å². The van der Waals surface area contributed by atoms with Crippen molar-refractivity contribution in [1.82, 2.24) is 9.47 Å². The molecule has 0 aliphatic rings. The molecule has 0 atom stereocenters. The fourth-order valence-electron chi connectivity index (χ4n) is 1.98. The minimum Gasteiger partial charge on any atom is -0.481 e. The van der Waals surface area contributed by atoms with E-state index in [0.29, 0.717) is 5.56 Å². The standard InChI is InChI=1S/C14H16N2O3/c1-15-7-5-10-3-4-11(9-12(10)15)14(19)16(2)8-6-13(17)18/h3-5,7,9H,6,8H2,1-2H3,(H,17,18). The Bertz CT molecular complexity index is 631. The summed E-state index contributed by atoms with van der Waals surface area (Å²) in [7, 11) is 3.53. The number of aromatic nitrogens is 1. The van der Waals surface area contributed by atoms with Gasteiger partial charge in [0.05, 0.1) is 6.42 Å². The summed E-state index contributed by atoms with van der Waals surface area (Å²) in [5, 5.41) is 9.70. The van der Waals surface area contributed by atoms with E-state index in [1.165, 1.54) is 4.90 Å². The molecular formula is C14H16N2O3. The van der Waals surface area contributed by atoms with E-state index in [1.807, 2.05) is 36.0 Å². The predicted octanol–water partition coefficient (Wildman–Crippen LogP) is 1.72. The molecule has 1 N–H and O–H groups in total. The maximum absolute atomic E-state index is 12.2. The molecule has 2 aromatic rings. The van der Waals surface area contributed by atoms with Gasteiger partial charge in [-0.25, -0.2) is 0 Å². The van der Waals surface area contributed by atoms with Crippen LogP contribution in [0.5, 0.6) is 0 Å². The second-order valence-corrected chi connectivity index (χ2v) is 4.57. The number of carbonyl (C=O) groups is 2. The predicted molar refractivity (Wildman–Crippen MR) is 72.1 cm³/mol. The summed E-state index contributed by atoms with van der Waals surface area (Å²) in [4.78, 5) is 24.1. The van der Waals surface area contributed by atoms with E-state index in [0.717, 1.165) is 10.9 Å². The van der Waals surface area contributed by atoms with Crippen molar-refractivity contribution >= 4 is 22.8 Å². The Kier molecular flexibility index (Phi) is 3.55. The summed E-state index contributed by atoms with van der Waals surface area (Å²) in [6, 6.07) is 7.47. The van der Waals surface area contributed by atoms with Crippen LogP contribution >= 0.6 is 0 Å². The first-order valence-corrected chi connectivity index (χ1v) is 6.01. The van der Waals surface area contributed by atoms with Crippen LogP contribution in [-0.2, 0) is 11.8 Å². The number of nitrogens with zero attached hydrogens (tertiary/aromatic N) is 2. The molecule has 0 unspecified atom stereocenters. The zero-order valence-corrected chi connectivity index (χ0v) is 11.0. The van der Waals surface area contributed by atoms with E-state index < -0.39 is 5.97 Å². The molecule has 100 valence electrons. The number of hydrogen-bond acceptors (Lipinski definition) is 2. The highest BCUT2D eigenvalue weighted by molar-refractivity contribution is 5.98. The molecule has 0 spiro atoms. The van der Waals surface area contributed by atoms with E-state index in [-0.39, 0.29) is 18.9 Å². The van der Waals surface area contributed by atoms with Crippen molar-refractivity contribution in [2.75, 3.05) is 13.6 Å². The summed E-state index contributed by atoms with van der Waals surface area (Å²) >= 11 is 0. The molecule has 5 heteroatoms. The van der Waals surface area contributed by atoms with Crippen molar-refractivity contribution in [2.24, 2.45) is 7.05 Å². The quantitative estimate of drug-likeness (QED) is 0.910. The Hall–Kier alpha value is -2.30. The van der Waals surface area contributed by atoms with Crippen LogP contribution in [-0.4, -0.2) is 40.0 Å². The van der Waals surface area contributed by atoms with Gasteiger partial charge in [0.25, 0.3) is 5.91 Å². The monoisotopic (exact) mass is 260 g/mol. The van der Waals surface area contributed by atoms with Gasteiger partial charge in [-0.15, -0.1) is 0 Å². The number of carboxylic acid groups (broad SMARTS) is 1. The third-order valence-corrected chi connectivity index (χ3v) is 3.14. The maximum Gasteiger partial charge on any atom is 0.305 e. The van der Waals surface area contributed by atoms with Crippen LogP contribution in [0.15, 0.2) is 30.5 Å². The van der Waals surface area contributed by atoms with Crippen LogP contribution in [0.25, 0.3) is 10.9 Å². The lowest BCUT2D eigenvalue weighted by molar-refractivity contribution is -0.137. The summed E-state index contributed by atoms with van der Waals surface area (Å²) in [6.07, 6.45) is 1.89. The fourth-order valence-corrected chi connectivity index (χ4v) is 1.98. The molecule has 1 aromatic heterocycles. The fraction of sp³-hybridized carbons (Fsp3) is 0.286. The van der Waals surface area contributed by atoms with E-state index in [4.69, 9.17) is 5.11 Å². The minimum absolute atomic E-state index is 0.0470. The number of rotatable bonds is 4. The van der Waals surface area contributed by atoms with Gasteiger partial charge in [-0.05, 0) is 23.6 Å². The van der Waals surface area contributed by atoms with E-state index in [2.05, 4.69) is 0 Å². The van der Waals surface area contributed by atoms with E-state index in [9.17, 15) is 9.59 Å². The van der Waals surface area contributed by atoms with Crippen LogP contribution in [0.4, 0.5) is 0 Å². The Balaban J connectivity index is 2.20. The van der Waals surface area contributed by atoms with E-state index >= 15 is 0 Å². The third kappa shape index (κ3) is 2.76.